The number of hydrogen-bond acceptors (Lipinski definition) is 12. The van der Waals surface area contributed by atoms with E-state index in [2.05, 4.69) is 43.2 Å². The fourth-order valence-corrected chi connectivity index (χ4v) is 11.5. The molecule has 4 aliphatic rings. The van der Waals surface area contributed by atoms with Gasteiger partial charge in [-0.25, -0.2) is 9.97 Å². The summed E-state index contributed by atoms with van der Waals surface area (Å²) in [6.45, 7) is 13.8. The summed E-state index contributed by atoms with van der Waals surface area (Å²) in [5.41, 5.74) is 6.61. The number of carbonyl (C=O) groups excluding carboxylic acids is 3. The molecular weight excluding hydrogens is 889 g/mol. The Labute approximate surface area is 400 Å². The third-order valence-electron chi connectivity index (χ3n) is 13.7. The van der Waals surface area contributed by atoms with Gasteiger partial charge in [0.05, 0.1) is 31.0 Å². The van der Waals surface area contributed by atoms with Crippen LogP contribution in [0.5, 0.6) is 5.75 Å². The first kappa shape index (κ1) is 48.8. The highest BCUT2D eigenvalue weighted by Gasteiger charge is 2.39. The minimum atomic E-state index is -2.47. The Hall–Kier alpha value is -4.69. The second-order valence-electron chi connectivity index (χ2n) is 18.5. The van der Waals surface area contributed by atoms with E-state index in [4.69, 9.17) is 30.8 Å². The third-order valence-corrected chi connectivity index (χ3v) is 15.6. The first-order valence-corrected chi connectivity index (χ1v) is 26.9. The fourth-order valence-electron chi connectivity index (χ4n) is 10.1. The van der Waals surface area contributed by atoms with Crippen LogP contribution in [0.1, 0.15) is 82.7 Å². The number of rotatable bonds is 20. The molecule has 3 fully saturated rings. The predicted molar refractivity (Wildman–Crippen MR) is 261 cm³/mol. The van der Waals surface area contributed by atoms with E-state index in [1.54, 1.807) is 31.5 Å². The molecule has 5 heterocycles. The highest BCUT2D eigenvalue weighted by atomic mass is 35.5. The maximum atomic E-state index is 13.1. The Morgan fingerprint density at radius 3 is 2.31 bits per heavy atom. The molecule has 1 aromatic heterocycles. The fraction of sp³-hybridized carbons (Fsp3) is 0.510. The first-order valence-electron chi connectivity index (χ1n) is 23.9. The molecule has 67 heavy (non-hydrogen) atoms. The molecule has 14 nitrogen and oxygen atoms in total. The van der Waals surface area contributed by atoms with E-state index in [-0.39, 0.29) is 24.1 Å². The maximum Gasteiger partial charge on any atom is 0.255 e. The summed E-state index contributed by atoms with van der Waals surface area (Å²) in [6, 6.07) is 20.0. The molecule has 3 aromatic carbocycles. The number of carbonyl (C=O) groups is 3. The van der Waals surface area contributed by atoms with Gasteiger partial charge in [-0.1, -0.05) is 54.1 Å². The van der Waals surface area contributed by atoms with E-state index in [9.17, 15) is 18.9 Å². The number of amides is 3. The average molecular weight is 955 g/mol. The zero-order chi connectivity index (χ0) is 46.9. The minimum absolute atomic E-state index is 0.140. The Bertz CT molecular complexity index is 2430. The molecule has 16 heteroatoms. The van der Waals surface area contributed by atoms with Crippen molar-refractivity contribution in [2.75, 3.05) is 97.6 Å². The monoisotopic (exact) mass is 953 g/mol. The number of aromatic nitrogens is 2. The lowest BCUT2D eigenvalue weighted by Gasteiger charge is -2.43. The molecule has 1 N–H and O–H groups in total. The lowest BCUT2D eigenvalue weighted by atomic mass is 10.00. The third kappa shape index (κ3) is 12.3. The van der Waals surface area contributed by atoms with Crippen LogP contribution in [0.4, 0.5) is 5.69 Å². The quantitative estimate of drug-likeness (QED) is 0.0633. The first-order chi connectivity index (χ1) is 32.4. The zero-order valence-electron chi connectivity index (χ0n) is 39.2. The number of nitrogens with one attached hydrogen (secondary N) is 1. The van der Waals surface area contributed by atoms with E-state index in [1.165, 1.54) is 5.69 Å². The predicted octanol–water partition coefficient (Wildman–Crippen LogP) is 5.97. The normalized spacial score (nSPS) is 18.7. The molecule has 8 rings (SSSR count). The van der Waals surface area contributed by atoms with Crippen LogP contribution in [0.3, 0.4) is 0 Å². The number of hydrogen-bond donors (Lipinski definition) is 1. The van der Waals surface area contributed by atoms with Crippen molar-refractivity contribution in [3.05, 3.63) is 111 Å². The van der Waals surface area contributed by atoms with Crippen molar-refractivity contribution in [1.82, 2.24) is 30.0 Å². The number of anilines is 1. The summed E-state index contributed by atoms with van der Waals surface area (Å²) in [7, 11) is -0.751. The Balaban J connectivity index is 0.691. The number of piperidine rings is 2. The SMILES string of the molecule is COc1cc(N2CCC(N3CCN(CCCOCCOCCCc4cccc5c4CN(C4CCC(=O)NC4=O)C5=O)CC3)CC2)ccc1Cc1ncc(Cl)c(Cc2ccccc2P(C)(C)=O)n1. The van der Waals surface area contributed by atoms with Gasteiger partial charge in [0.1, 0.15) is 24.8 Å². The highest BCUT2D eigenvalue weighted by Crippen LogP contribution is 2.37. The van der Waals surface area contributed by atoms with E-state index < -0.39 is 13.2 Å². The molecule has 4 aliphatic heterocycles. The largest absolute Gasteiger partial charge is 0.496 e. The van der Waals surface area contributed by atoms with Crippen molar-refractivity contribution >= 4 is 47.5 Å². The van der Waals surface area contributed by atoms with Crippen LogP contribution in [-0.4, -0.2) is 147 Å². The van der Waals surface area contributed by atoms with E-state index in [0.29, 0.717) is 68.1 Å². The molecule has 0 bridgehead atoms. The van der Waals surface area contributed by atoms with Crippen LogP contribution in [0.2, 0.25) is 5.02 Å². The van der Waals surface area contributed by atoms with Gasteiger partial charge in [0.2, 0.25) is 11.8 Å². The van der Waals surface area contributed by atoms with Gasteiger partial charge in [-0.15, -0.1) is 0 Å². The molecule has 3 saturated heterocycles. The van der Waals surface area contributed by atoms with Gasteiger partial charge < -0.3 is 33.5 Å². The Kier molecular flexibility index (Phi) is 16.5. The summed E-state index contributed by atoms with van der Waals surface area (Å²) >= 11 is 6.58. The molecule has 1 unspecified atom stereocenters. The molecule has 3 amide bonds. The number of fused-ring (bicyclic) bond motifs is 1. The van der Waals surface area contributed by atoms with Crippen molar-refractivity contribution < 1.29 is 33.2 Å². The molecule has 0 saturated carbocycles. The average Bonchev–Trinajstić information content (AvgIpc) is 3.66. The van der Waals surface area contributed by atoms with Crippen molar-refractivity contribution in [1.29, 1.82) is 0 Å². The maximum absolute atomic E-state index is 13.1. The molecule has 358 valence electrons. The standard InChI is InChI=1S/C51H65ClN7O7P/c1-64-46-33-40(15-14-37(46)32-48-53-34-43(52)44(54-48)31-38-9-4-5-13-47(38)67(2,3)63)57-21-18-39(19-22-57)58-25-23-56(24-26-58)20-8-28-66-30-29-65-27-7-11-36-10-6-12-41-42(36)35-59(51(41)62)45-16-17-49(60)55-50(45)61/h4-6,9-10,12-15,33-34,39,45H,7-8,11,16-32,35H2,1-3H3,(H,55,60,61). The molecule has 0 radical (unpaired) electrons. The van der Waals surface area contributed by atoms with Gasteiger partial charge in [-0.2, -0.15) is 0 Å². The number of halogens is 1. The summed E-state index contributed by atoms with van der Waals surface area (Å²) in [6.07, 6.45) is 8.15. The summed E-state index contributed by atoms with van der Waals surface area (Å²) in [5.74, 6) is 0.675. The summed E-state index contributed by atoms with van der Waals surface area (Å²) < 4.78 is 30.7. The van der Waals surface area contributed by atoms with Crippen molar-refractivity contribution in [2.24, 2.45) is 0 Å². The Morgan fingerprint density at radius 1 is 0.821 bits per heavy atom. The van der Waals surface area contributed by atoms with Crippen LogP contribution in [0.25, 0.3) is 0 Å². The van der Waals surface area contributed by atoms with Gasteiger partial charge in [0.25, 0.3) is 5.91 Å². The zero-order valence-corrected chi connectivity index (χ0v) is 40.9. The summed E-state index contributed by atoms with van der Waals surface area (Å²) in [5, 5.41) is 3.72. The molecular formula is C51H65ClN7O7P. The topological polar surface area (TPSA) is 147 Å². The van der Waals surface area contributed by atoms with Crippen molar-refractivity contribution in [3.8, 4) is 5.75 Å². The van der Waals surface area contributed by atoms with Gasteiger partial charge >= 0.3 is 0 Å². The van der Waals surface area contributed by atoms with Crippen LogP contribution < -0.4 is 20.3 Å². The van der Waals surface area contributed by atoms with Gasteiger partial charge in [0, 0.05) is 125 Å². The Morgan fingerprint density at radius 2 is 1.57 bits per heavy atom. The molecule has 0 aliphatic carbocycles. The molecule has 1 atom stereocenters. The number of nitrogens with zero attached hydrogens (tertiary/aromatic N) is 6. The number of imide groups is 1. The van der Waals surface area contributed by atoms with Crippen LogP contribution >= 0.6 is 18.7 Å². The van der Waals surface area contributed by atoms with E-state index in [0.717, 1.165) is 124 Å². The smallest absolute Gasteiger partial charge is 0.255 e. The van der Waals surface area contributed by atoms with Gasteiger partial charge in [0.15, 0.2) is 0 Å². The van der Waals surface area contributed by atoms with Gasteiger partial charge in [-0.05, 0) is 80.7 Å². The number of piperazine rings is 1. The van der Waals surface area contributed by atoms with Crippen LogP contribution in [0.15, 0.2) is 66.9 Å². The lowest BCUT2D eigenvalue weighted by molar-refractivity contribution is -0.136. The number of benzene rings is 3. The van der Waals surface area contributed by atoms with Crippen molar-refractivity contribution in [3.63, 3.8) is 0 Å². The van der Waals surface area contributed by atoms with Crippen molar-refractivity contribution in [2.45, 2.75) is 76.4 Å². The minimum Gasteiger partial charge on any atom is -0.496 e. The number of methoxy groups -OCH3 is 1. The lowest BCUT2D eigenvalue weighted by Crippen LogP contribution is -2.53. The summed E-state index contributed by atoms with van der Waals surface area (Å²) in [4.78, 5) is 55.9. The second kappa shape index (κ2) is 22.6. The van der Waals surface area contributed by atoms with Crippen LogP contribution in [0, 0.1) is 0 Å². The van der Waals surface area contributed by atoms with Gasteiger partial charge in [-0.3, -0.25) is 24.6 Å². The van der Waals surface area contributed by atoms with E-state index in [1.807, 2.05) is 42.5 Å². The number of aryl methyl sites for hydroxylation is 1. The molecule has 0 spiro atoms. The van der Waals surface area contributed by atoms with Crippen LogP contribution in [-0.2, 0) is 49.4 Å². The number of ether oxygens (including phenoxy) is 3. The molecule has 4 aromatic rings. The highest BCUT2D eigenvalue weighted by molar-refractivity contribution is 7.70. The van der Waals surface area contributed by atoms with E-state index >= 15 is 0 Å². The second-order valence-corrected chi connectivity index (χ2v) is 22.1.